The fourth-order valence-electron chi connectivity index (χ4n) is 5.93. The van der Waals surface area contributed by atoms with Crippen molar-refractivity contribution >= 4 is 5.91 Å². The number of nitrogens with one attached hydrogen (secondary N) is 1. The largest absolute Gasteiger partial charge is 0.508 e. The van der Waals surface area contributed by atoms with Crippen LogP contribution in [-0.4, -0.2) is 40.2 Å². The Morgan fingerprint density at radius 1 is 1.06 bits per heavy atom. The topological polar surface area (TPSA) is 72.8 Å². The second kappa shape index (κ2) is 7.95. The van der Waals surface area contributed by atoms with Gasteiger partial charge in [0.25, 0.3) is 5.91 Å². The molecule has 3 N–H and O–H groups in total. The lowest BCUT2D eigenvalue weighted by atomic mass is 9.79. The molecule has 0 radical (unpaired) electrons. The number of piperidine rings is 1. The molecule has 5 atom stereocenters. The van der Waals surface area contributed by atoms with Gasteiger partial charge >= 0.3 is 0 Å². The summed E-state index contributed by atoms with van der Waals surface area (Å²) in [6.45, 7) is 4.03. The molecule has 1 amide bonds. The third kappa shape index (κ3) is 3.64. The van der Waals surface area contributed by atoms with Gasteiger partial charge in [-0.1, -0.05) is 55.3 Å². The van der Waals surface area contributed by atoms with Gasteiger partial charge in [0.05, 0.1) is 0 Å². The zero-order valence-electron chi connectivity index (χ0n) is 18.1. The van der Waals surface area contributed by atoms with Crippen molar-refractivity contribution in [2.75, 3.05) is 13.1 Å². The number of benzene rings is 2. The lowest BCUT2D eigenvalue weighted by Gasteiger charge is -2.34. The highest BCUT2D eigenvalue weighted by molar-refractivity contribution is 5.87. The zero-order chi connectivity index (χ0) is 21.6. The van der Waals surface area contributed by atoms with Crippen LogP contribution >= 0.6 is 0 Å². The van der Waals surface area contributed by atoms with E-state index in [1.165, 1.54) is 0 Å². The second-order valence-corrected chi connectivity index (χ2v) is 9.67. The first-order valence-electron chi connectivity index (χ1n) is 11.6. The van der Waals surface area contributed by atoms with Gasteiger partial charge in [-0.2, -0.15) is 0 Å². The van der Waals surface area contributed by atoms with E-state index in [0.29, 0.717) is 23.1 Å². The van der Waals surface area contributed by atoms with Gasteiger partial charge in [0.1, 0.15) is 5.75 Å². The monoisotopic (exact) mass is 420 g/mol. The molecule has 2 aromatic carbocycles. The summed E-state index contributed by atoms with van der Waals surface area (Å²) < 4.78 is 0. The molecule has 3 aliphatic rings. The highest BCUT2D eigenvalue weighted by Crippen LogP contribution is 2.49. The smallest absolute Gasteiger partial charge is 0.257 e. The molecule has 1 saturated heterocycles. The molecular formula is C26H32N2O3. The molecule has 2 aliphatic carbocycles. The summed E-state index contributed by atoms with van der Waals surface area (Å²) in [4.78, 5) is 15.8. The van der Waals surface area contributed by atoms with Gasteiger partial charge in [-0.3, -0.25) is 9.69 Å². The molecule has 2 saturated carbocycles. The van der Waals surface area contributed by atoms with Crippen molar-refractivity contribution in [1.82, 2.24) is 10.2 Å². The predicted molar refractivity (Wildman–Crippen MR) is 119 cm³/mol. The quantitative estimate of drug-likeness (QED) is 0.668. The number of aromatic hydroxyl groups is 1. The van der Waals surface area contributed by atoms with Gasteiger partial charge in [0.2, 0.25) is 0 Å². The normalized spacial score (nSPS) is 28.6. The van der Waals surface area contributed by atoms with Crippen LogP contribution in [0.25, 0.3) is 0 Å². The molecule has 5 nitrogen and oxygen atoms in total. The number of nitrogens with zero attached hydrogens (tertiary/aromatic N) is 1. The molecule has 2 aromatic rings. The van der Waals surface area contributed by atoms with Gasteiger partial charge in [0, 0.05) is 31.1 Å². The van der Waals surface area contributed by atoms with Crippen LogP contribution in [0.15, 0.2) is 54.6 Å². The van der Waals surface area contributed by atoms with Crippen molar-refractivity contribution in [2.45, 2.75) is 50.3 Å². The Labute approximate surface area is 184 Å². The Bertz CT molecular complexity index is 931. The second-order valence-electron chi connectivity index (χ2n) is 9.67. The van der Waals surface area contributed by atoms with Crippen molar-refractivity contribution in [1.29, 1.82) is 0 Å². The number of amides is 1. The van der Waals surface area contributed by atoms with Gasteiger partial charge in [0.15, 0.2) is 5.60 Å². The molecular weight excluding hydrogens is 388 g/mol. The van der Waals surface area contributed by atoms with E-state index >= 15 is 0 Å². The maximum absolute atomic E-state index is 13.4. The summed E-state index contributed by atoms with van der Waals surface area (Å²) in [5.74, 6) is 0.930. The molecule has 3 unspecified atom stereocenters. The minimum absolute atomic E-state index is 0.0178. The molecule has 31 heavy (non-hydrogen) atoms. The van der Waals surface area contributed by atoms with E-state index in [4.69, 9.17) is 0 Å². The Balaban J connectivity index is 1.25. The van der Waals surface area contributed by atoms with E-state index in [0.717, 1.165) is 44.3 Å². The van der Waals surface area contributed by atoms with Crippen LogP contribution in [0.4, 0.5) is 0 Å². The summed E-state index contributed by atoms with van der Waals surface area (Å²) in [7, 11) is 0. The van der Waals surface area contributed by atoms with Crippen molar-refractivity contribution < 1.29 is 15.0 Å². The van der Waals surface area contributed by atoms with Crippen LogP contribution in [0.5, 0.6) is 5.75 Å². The van der Waals surface area contributed by atoms with Crippen LogP contribution in [0.2, 0.25) is 0 Å². The zero-order valence-corrected chi connectivity index (χ0v) is 18.1. The van der Waals surface area contributed by atoms with Gasteiger partial charge in [-0.25, -0.2) is 0 Å². The molecule has 0 bridgehead atoms. The van der Waals surface area contributed by atoms with Crippen LogP contribution < -0.4 is 5.32 Å². The fraction of sp³-hybridized carbons (Fsp3) is 0.500. The maximum Gasteiger partial charge on any atom is 0.257 e. The lowest BCUT2D eigenvalue weighted by Crippen LogP contribution is -2.51. The SMILES string of the molecule is CC(c1cccc(O)c1)N1C[C@@H]2C(NC(=O)C(O)(c3ccccc3)C3CCCC3)[C@@H]2C1. The maximum atomic E-state index is 13.4. The van der Waals surface area contributed by atoms with Gasteiger partial charge in [-0.15, -0.1) is 0 Å². The van der Waals surface area contributed by atoms with Crippen molar-refractivity contribution in [3.63, 3.8) is 0 Å². The number of hydrogen-bond acceptors (Lipinski definition) is 4. The molecule has 0 aromatic heterocycles. The lowest BCUT2D eigenvalue weighted by molar-refractivity contribution is -0.147. The number of carbonyl (C=O) groups is 1. The minimum Gasteiger partial charge on any atom is -0.508 e. The van der Waals surface area contributed by atoms with Gasteiger partial charge < -0.3 is 15.5 Å². The first-order valence-corrected chi connectivity index (χ1v) is 11.6. The number of rotatable bonds is 6. The van der Waals surface area contributed by atoms with Crippen LogP contribution in [0.3, 0.4) is 0 Å². The summed E-state index contributed by atoms with van der Waals surface area (Å²) in [6, 6.07) is 17.3. The number of fused-ring (bicyclic) bond motifs is 1. The van der Waals surface area contributed by atoms with E-state index in [1.807, 2.05) is 42.5 Å². The molecule has 0 spiro atoms. The number of phenols is 1. The highest BCUT2D eigenvalue weighted by atomic mass is 16.3. The molecule has 5 heteroatoms. The fourth-order valence-corrected chi connectivity index (χ4v) is 5.93. The van der Waals surface area contributed by atoms with Crippen molar-refractivity contribution in [3.8, 4) is 5.75 Å². The molecule has 1 aliphatic heterocycles. The number of carbonyl (C=O) groups excluding carboxylic acids is 1. The predicted octanol–water partition coefficient (Wildman–Crippen LogP) is 3.58. The number of aliphatic hydroxyl groups is 1. The number of likely N-dealkylation sites (tertiary alicyclic amines) is 1. The number of phenolic OH excluding ortho intramolecular Hbond substituents is 1. The van der Waals surface area contributed by atoms with E-state index < -0.39 is 5.60 Å². The third-order valence-corrected chi connectivity index (χ3v) is 7.93. The Hall–Kier alpha value is -2.37. The first kappa shape index (κ1) is 20.5. The Kier molecular flexibility index (Phi) is 5.27. The van der Waals surface area contributed by atoms with E-state index in [-0.39, 0.29) is 23.9 Å². The van der Waals surface area contributed by atoms with Gasteiger partial charge in [-0.05, 0) is 54.9 Å². The summed E-state index contributed by atoms with van der Waals surface area (Å²) in [6.07, 6.45) is 3.93. The molecule has 164 valence electrons. The minimum atomic E-state index is -1.44. The van der Waals surface area contributed by atoms with Crippen molar-refractivity contribution in [2.24, 2.45) is 17.8 Å². The summed E-state index contributed by atoms with van der Waals surface area (Å²) in [5.41, 5.74) is 0.384. The van der Waals surface area contributed by atoms with Crippen LogP contribution in [0.1, 0.15) is 49.8 Å². The molecule has 5 rings (SSSR count). The summed E-state index contributed by atoms with van der Waals surface area (Å²) >= 11 is 0. The average molecular weight is 421 g/mol. The van der Waals surface area contributed by atoms with E-state index in [9.17, 15) is 15.0 Å². The molecule has 1 heterocycles. The van der Waals surface area contributed by atoms with Crippen LogP contribution in [0, 0.1) is 17.8 Å². The molecule has 3 fully saturated rings. The standard InChI is InChI=1S/C26H32N2O3/c1-17(18-8-7-13-21(29)14-18)28-15-22-23(16-28)24(22)27-25(30)26(31,20-11-5-6-12-20)19-9-3-2-4-10-19/h2-4,7-10,13-14,17,20,22-24,29,31H,5-6,11-12,15-16H2,1H3,(H,27,30)/t17?,22-,23+,24?,26?. The third-order valence-electron chi connectivity index (χ3n) is 7.93. The average Bonchev–Trinajstić information content (AvgIpc) is 3.20. The van der Waals surface area contributed by atoms with Crippen LogP contribution in [-0.2, 0) is 10.4 Å². The first-order chi connectivity index (χ1) is 15.0. The van der Waals surface area contributed by atoms with E-state index in [2.05, 4.69) is 23.2 Å². The van der Waals surface area contributed by atoms with Crippen molar-refractivity contribution in [3.05, 3.63) is 65.7 Å². The van der Waals surface area contributed by atoms with E-state index in [1.54, 1.807) is 6.07 Å². The Morgan fingerprint density at radius 2 is 1.74 bits per heavy atom. The Morgan fingerprint density at radius 3 is 2.39 bits per heavy atom. The highest BCUT2D eigenvalue weighted by Gasteiger charge is 2.59. The number of hydrogen-bond donors (Lipinski definition) is 3. The summed E-state index contributed by atoms with van der Waals surface area (Å²) in [5, 5.41) is 24.7.